The third-order valence-electron chi connectivity index (χ3n) is 6.19. The summed E-state index contributed by atoms with van der Waals surface area (Å²) in [6, 6.07) is 6.74. The summed E-state index contributed by atoms with van der Waals surface area (Å²) in [4.78, 5) is 4.55. The molecule has 0 atom stereocenters. The minimum absolute atomic E-state index is 0.765. The zero-order valence-electron chi connectivity index (χ0n) is 17.8. The lowest BCUT2D eigenvalue weighted by Gasteiger charge is -2.22. The maximum atomic E-state index is 6.70. The lowest BCUT2D eigenvalue weighted by atomic mass is 9.90. The first-order chi connectivity index (χ1) is 13.6. The van der Waals surface area contributed by atoms with Gasteiger partial charge in [-0.1, -0.05) is 23.4 Å². The molecule has 1 aromatic carbocycles. The van der Waals surface area contributed by atoms with Crippen LogP contribution in [-0.2, 0) is 12.8 Å². The third kappa shape index (κ3) is 5.18. The number of likely N-dealkylation sites (tertiary alicyclic amines) is 2. The van der Waals surface area contributed by atoms with Crippen molar-refractivity contribution in [1.82, 2.24) is 9.80 Å². The van der Waals surface area contributed by atoms with Gasteiger partial charge in [0.2, 0.25) is 0 Å². The van der Waals surface area contributed by atoms with Gasteiger partial charge < -0.3 is 9.80 Å². The molecule has 0 bridgehead atoms. The Bertz CT molecular complexity index is 742. The van der Waals surface area contributed by atoms with Crippen molar-refractivity contribution in [3.63, 3.8) is 0 Å². The molecule has 2 heterocycles. The first kappa shape index (κ1) is 21.0. The summed E-state index contributed by atoms with van der Waals surface area (Å²) in [5.41, 5.74) is 6.25. The van der Waals surface area contributed by atoms with Crippen LogP contribution in [0.1, 0.15) is 66.3 Å². The van der Waals surface area contributed by atoms with Crippen LogP contribution in [0, 0.1) is 44.7 Å². The summed E-state index contributed by atoms with van der Waals surface area (Å²) in [5, 5.41) is 0.884. The molecular weight excluding hydrogens is 364 g/mol. The molecule has 3 heteroatoms. The molecule has 2 aliphatic rings. The van der Waals surface area contributed by atoms with Gasteiger partial charge in [0.25, 0.3) is 0 Å². The molecule has 2 nitrogen and oxygen atoms in total. The van der Waals surface area contributed by atoms with Crippen LogP contribution in [0.3, 0.4) is 0 Å². The van der Waals surface area contributed by atoms with Gasteiger partial charge in [-0.3, -0.25) is 0 Å². The lowest BCUT2D eigenvalue weighted by Crippen LogP contribution is -2.24. The average molecular weight is 397 g/mol. The molecule has 0 aromatic heterocycles. The molecule has 2 saturated heterocycles. The van der Waals surface area contributed by atoms with Gasteiger partial charge in [0.15, 0.2) is 0 Å². The number of rotatable bonds is 2. The van der Waals surface area contributed by atoms with Gasteiger partial charge in [0.05, 0.1) is 0 Å². The zero-order valence-corrected chi connectivity index (χ0v) is 18.5. The predicted molar refractivity (Wildman–Crippen MR) is 119 cm³/mol. The minimum atomic E-state index is 0.765. The molecule has 2 fully saturated rings. The van der Waals surface area contributed by atoms with E-state index < -0.39 is 0 Å². The Kier molecular flexibility index (Phi) is 7.58. The van der Waals surface area contributed by atoms with Gasteiger partial charge in [-0.25, -0.2) is 0 Å². The summed E-state index contributed by atoms with van der Waals surface area (Å²) >= 11 is 6.70. The molecule has 0 N–H and O–H groups in total. The Morgan fingerprint density at radius 2 is 1.04 bits per heavy atom. The van der Waals surface area contributed by atoms with Crippen molar-refractivity contribution in [2.45, 2.75) is 72.1 Å². The topological polar surface area (TPSA) is 6.48 Å². The van der Waals surface area contributed by atoms with E-state index in [0.717, 1.165) is 44.0 Å². The van der Waals surface area contributed by atoms with E-state index in [9.17, 15) is 0 Å². The summed E-state index contributed by atoms with van der Waals surface area (Å²) < 4.78 is 0. The molecule has 3 rings (SSSR count). The molecule has 150 valence electrons. The van der Waals surface area contributed by atoms with Crippen molar-refractivity contribution in [1.29, 1.82) is 0 Å². The van der Waals surface area contributed by atoms with Gasteiger partial charge in [-0.05, 0) is 87.1 Å². The van der Waals surface area contributed by atoms with E-state index in [2.05, 4.69) is 54.5 Å². The monoisotopic (exact) mass is 396 g/mol. The van der Waals surface area contributed by atoms with E-state index in [1.54, 1.807) is 0 Å². The van der Waals surface area contributed by atoms with E-state index >= 15 is 0 Å². The van der Waals surface area contributed by atoms with Gasteiger partial charge in [0.1, 0.15) is 0 Å². The minimum Gasteiger partial charge on any atom is -0.333 e. The molecule has 0 unspecified atom stereocenters. The van der Waals surface area contributed by atoms with Gasteiger partial charge in [-0.15, -0.1) is 0 Å². The number of benzene rings is 1. The van der Waals surface area contributed by atoms with E-state index in [-0.39, 0.29) is 0 Å². The van der Waals surface area contributed by atoms with Crippen molar-refractivity contribution >= 4 is 11.6 Å². The fourth-order valence-corrected chi connectivity index (χ4v) is 4.54. The number of piperidine rings is 2. The largest absolute Gasteiger partial charge is 0.333 e. The second-order valence-electron chi connectivity index (χ2n) is 8.17. The highest BCUT2D eigenvalue weighted by atomic mass is 35.5. The van der Waals surface area contributed by atoms with Gasteiger partial charge in [-0.2, -0.15) is 0 Å². The number of halogens is 1. The van der Waals surface area contributed by atoms with Crippen molar-refractivity contribution in [3.8, 4) is 23.9 Å². The molecule has 1 aromatic rings. The van der Waals surface area contributed by atoms with Crippen LogP contribution < -0.4 is 0 Å². The number of hydrogen-bond donors (Lipinski definition) is 0. The zero-order chi connectivity index (χ0) is 19.9. The Hall–Kier alpha value is -1.77. The quantitative estimate of drug-likeness (QED) is 0.630. The van der Waals surface area contributed by atoms with E-state index in [4.69, 9.17) is 11.6 Å². The van der Waals surface area contributed by atoms with Crippen LogP contribution in [-0.4, -0.2) is 36.0 Å². The molecule has 2 aliphatic heterocycles. The molecular formula is C25H33ClN2. The fourth-order valence-electron chi connectivity index (χ4n) is 4.31. The first-order valence-corrected chi connectivity index (χ1v) is 11.2. The van der Waals surface area contributed by atoms with Crippen LogP contribution in [0.4, 0.5) is 0 Å². The second kappa shape index (κ2) is 10.1. The molecule has 0 spiro atoms. The Morgan fingerprint density at radius 1 is 0.643 bits per heavy atom. The fraction of sp³-hybridized carbons (Fsp3) is 0.600. The summed E-state index contributed by atoms with van der Waals surface area (Å²) in [6.45, 7) is 10.9. The maximum Gasteiger partial charge on any atom is 0.0470 e. The Balaban J connectivity index is 1.77. The van der Waals surface area contributed by atoms with Crippen LogP contribution >= 0.6 is 11.6 Å². The molecule has 0 saturated carbocycles. The predicted octanol–water partition coefficient (Wildman–Crippen LogP) is 5.24. The normalized spacial score (nSPS) is 16.9. The van der Waals surface area contributed by atoms with E-state index in [1.165, 1.54) is 66.3 Å². The van der Waals surface area contributed by atoms with Crippen molar-refractivity contribution in [2.75, 3.05) is 26.2 Å². The van der Waals surface area contributed by atoms with Gasteiger partial charge >= 0.3 is 0 Å². The molecule has 0 amide bonds. The van der Waals surface area contributed by atoms with E-state index in [0.29, 0.717) is 0 Å². The van der Waals surface area contributed by atoms with Crippen LogP contribution in [0.25, 0.3) is 0 Å². The van der Waals surface area contributed by atoms with Gasteiger partial charge in [0, 0.05) is 56.1 Å². The number of hydrogen-bond acceptors (Lipinski definition) is 2. The van der Waals surface area contributed by atoms with Crippen molar-refractivity contribution in [2.24, 2.45) is 0 Å². The summed E-state index contributed by atoms with van der Waals surface area (Å²) in [6.07, 6.45) is 9.27. The average Bonchev–Trinajstić information content (AvgIpc) is 2.73. The summed E-state index contributed by atoms with van der Waals surface area (Å²) in [5.74, 6) is 6.82. The van der Waals surface area contributed by atoms with Crippen molar-refractivity contribution in [3.05, 3.63) is 32.8 Å². The smallest absolute Gasteiger partial charge is 0.0470 e. The molecule has 0 radical (unpaired) electrons. The second-order valence-corrected chi connectivity index (χ2v) is 8.55. The Morgan fingerprint density at radius 3 is 1.43 bits per heavy atom. The SMILES string of the molecule is Cc1c(Cl)c(C)c(CC#CN2CCCCC2)c(C)c1CC#CN1CCCCC1. The number of nitrogens with zero attached hydrogens (tertiary/aromatic N) is 2. The van der Waals surface area contributed by atoms with Crippen LogP contribution in [0.2, 0.25) is 5.02 Å². The highest BCUT2D eigenvalue weighted by Gasteiger charge is 2.15. The molecule has 0 aliphatic carbocycles. The maximum absolute atomic E-state index is 6.70. The highest BCUT2D eigenvalue weighted by Crippen LogP contribution is 2.31. The van der Waals surface area contributed by atoms with Crippen molar-refractivity contribution < 1.29 is 0 Å². The standard InChI is InChI=1S/C25H33ClN2/c1-20-23(12-10-18-27-14-6-4-7-15-27)21(2)25(26)22(3)24(20)13-11-19-28-16-8-5-9-17-28/h4-9,12-17H2,1-3H3. The first-order valence-electron chi connectivity index (χ1n) is 10.8. The third-order valence-corrected chi connectivity index (χ3v) is 6.75. The van der Waals surface area contributed by atoms with Crippen LogP contribution in [0.15, 0.2) is 0 Å². The lowest BCUT2D eigenvalue weighted by molar-refractivity contribution is 0.326. The Labute approximate surface area is 176 Å². The summed E-state index contributed by atoms with van der Waals surface area (Å²) in [7, 11) is 0. The molecule has 28 heavy (non-hydrogen) atoms. The van der Waals surface area contributed by atoms with Crippen LogP contribution in [0.5, 0.6) is 0 Å². The van der Waals surface area contributed by atoms with E-state index in [1.807, 2.05) is 0 Å². The highest BCUT2D eigenvalue weighted by molar-refractivity contribution is 6.32.